The fourth-order valence-corrected chi connectivity index (χ4v) is 3.44. The standard InChI is InChI=1S/C19H33N5O2.HI/c1-5-21-19(22-10-6-7-17-14(2)23-26-15(17)3)24-11-8-16(9-12-24)13-18(25)20-4;/h16H,5-13H2,1-4H3,(H,20,25)(H,21,22);1H. The molecule has 0 saturated carbocycles. The first-order chi connectivity index (χ1) is 12.5. The average molecular weight is 491 g/mol. The van der Waals surface area contributed by atoms with Crippen molar-refractivity contribution in [2.45, 2.75) is 52.9 Å². The van der Waals surface area contributed by atoms with E-state index >= 15 is 0 Å². The highest BCUT2D eigenvalue weighted by Crippen LogP contribution is 2.20. The Morgan fingerprint density at radius 2 is 2.04 bits per heavy atom. The van der Waals surface area contributed by atoms with E-state index in [0.717, 1.165) is 69.3 Å². The van der Waals surface area contributed by atoms with Gasteiger partial charge in [0.25, 0.3) is 0 Å². The third-order valence-electron chi connectivity index (χ3n) is 5.03. The summed E-state index contributed by atoms with van der Waals surface area (Å²) in [6.07, 6.45) is 4.63. The molecule has 1 fully saturated rings. The van der Waals surface area contributed by atoms with Gasteiger partial charge in [-0.05, 0) is 52.4 Å². The highest BCUT2D eigenvalue weighted by Gasteiger charge is 2.23. The van der Waals surface area contributed by atoms with Crippen LogP contribution >= 0.6 is 24.0 Å². The third kappa shape index (κ3) is 7.31. The molecule has 1 aromatic rings. The number of carbonyl (C=O) groups excluding carboxylic acids is 1. The van der Waals surface area contributed by atoms with Crippen LogP contribution in [0.1, 0.15) is 49.6 Å². The molecule has 2 rings (SSSR count). The van der Waals surface area contributed by atoms with Crippen molar-refractivity contribution in [1.82, 2.24) is 20.7 Å². The molecule has 0 unspecified atom stereocenters. The van der Waals surface area contributed by atoms with E-state index < -0.39 is 0 Å². The lowest BCUT2D eigenvalue weighted by molar-refractivity contribution is -0.121. The maximum absolute atomic E-state index is 11.5. The number of halogens is 1. The van der Waals surface area contributed by atoms with Gasteiger partial charge in [0.2, 0.25) is 5.91 Å². The van der Waals surface area contributed by atoms with Gasteiger partial charge in [-0.15, -0.1) is 24.0 Å². The van der Waals surface area contributed by atoms with Crippen molar-refractivity contribution in [3.8, 4) is 0 Å². The van der Waals surface area contributed by atoms with Crippen LogP contribution < -0.4 is 10.6 Å². The fourth-order valence-electron chi connectivity index (χ4n) is 3.44. The molecule has 2 N–H and O–H groups in total. The van der Waals surface area contributed by atoms with E-state index in [1.165, 1.54) is 5.56 Å². The van der Waals surface area contributed by atoms with E-state index in [1.54, 1.807) is 7.05 Å². The number of nitrogens with zero attached hydrogens (tertiary/aromatic N) is 3. The molecule has 154 valence electrons. The van der Waals surface area contributed by atoms with Crippen LogP contribution in [0.25, 0.3) is 0 Å². The number of nitrogens with one attached hydrogen (secondary N) is 2. The van der Waals surface area contributed by atoms with E-state index in [2.05, 4.69) is 27.6 Å². The number of aliphatic imine (C=N–C) groups is 1. The van der Waals surface area contributed by atoms with Crippen LogP contribution in [0, 0.1) is 19.8 Å². The van der Waals surface area contributed by atoms with Gasteiger partial charge in [-0.3, -0.25) is 9.79 Å². The summed E-state index contributed by atoms with van der Waals surface area (Å²) in [5, 5.41) is 10.1. The van der Waals surface area contributed by atoms with Gasteiger partial charge in [-0.1, -0.05) is 5.16 Å². The van der Waals surface area contributed by atoms with E-state index in [9.17, 15) is 4.79 Å². The van der Waals surface area contributed by atoms with Crippen LogP contribution in [-0.2, 0) is 11.2 Å². The zero-order chi connectivity index (χ0) is 18.9. The number of hydrogen-bond acceptors (Lipinski definition) is 4. The number of amides is 1. The lowest BCUT2D eigenvalue weighted by atomic mass is 9.93. The van der Waals surface area contributed by atoms with Crippen molar-refractivity contribution in [2.75, 3.05) is 33.2 Å². The fraction of sp³-hybridized carbons (Fsp3) is 0.737. The second kappa shape index (κ2) is 12.2. The predicted octanol–water partition coefficient (Wildman–Crippen LogP) is 2.66. The molecule has 1 amide bonds. The van der Waals surface area contributed by atoms with Gasteiger partial charge in [-0.25, -0.2) is 0 Å². The maximum atomic E-state index is 11.5. The van der Waals surface area contributed by atoms with Gasteiger partial charge in [0.1, 0.15) is 5.76 Å². The van der Waals surface area contributed by atoms with Crippen molar-refractivity contribution >= 4 is 35.8 Å². The molecule has 2 heterocycles. The van der Waals surface area contributed by atoms with Crippen molar-refractivity contribution in [3.05, 3.63) is 17.0 Å². The van der Waals surface area contributed by atoms with Gasteiger partial charge < -0.3 is 20.1 Å². The van der Waals surface area contributed by atoms with Crippen LogP contribution in [0.5, 0.6) is 0 Å². The molecule has 1 aliphatic heterocycles. The van der Waals surface area contributed by atoms with Crippen LogP contribution in [0.4, 0.5) is 0 Å². The van der Waals surface area contributed by atoms with Crippen molar-refractivity contribution in [1.29, 1.82) is 0 Å². The average Bonchev–Trinajstić information content (AvgIpc) is 2.96. The number of aromatic nitrogens is 1. The number of guanidine groups is 1. The predicted molar refractivity (Wildman–Crippen MR) is 119 cm³/mol. The zero-order valence-electron chi connectivity index (χ0n) is 17.0. The Bertz CT molecular complexity index is 590. The Morgan fingerprint density at radius 1 is 1.33 bits per heavy atom. The molecule has 0 atom stereocenters. The van der Waals surface area contributed by atoms with Gasteiger partial charge in [-0.2, -0.15) is 0 Å². The second-order valence-corrected chi connectivity index (χ2v) is 6.95. The minimum absolute atomic E-state index is 0. The lowest BCUT2D eigenvalue weighted by Gasteiger charge is -2.34. The first-order valence-corrected chi connectivity index (χ1v) is 9.70. The van der Waals surface area contributed by atoms with Gasteiger partial charge in [0, 0.05) is 45.2 Å². The minimum Gasteiger partial charge on any atom is -0.361 e. The number of rotatable bonds is 7. The van der Waals surface area contributed by atoms with Gasteiger partial charge in [0.15, 0.2) is 5.96 Å². The number of hydrogen-bond donors (Lipinski definition) is 2. The molecule has 8 heteroatoms. The smallest absolute Gasteiger partial charge is 0.220 e. The molecule has 1 aliphatic rings. The minimum atomic E-state index is 0. The summed E-state index contributed by atoms with van der Waals surface area (Å²) in [6, 6.07) is 0. The molecular weight excluding hydrogens is 457 g/mol. The Balaban J connectivity index is 0.00000364. The van der Waals surface area contributed by atoms with Crippen molar-refractivity contribution < 1.29 is 9.32 Å². The topological polar surface area (TPSA) is 82.8 Å². The first kappa shape index (κ1) is 23.7. The quantitative estimate of drug-likeness (QED) is 0.265. The first-order valence-electron chi connectivity index (χ1n) is 9.70. The molecule has 0 aromatic carbocycles. The largest absolute Gasteiger partial charge is 0.361 e. The highest BCUT2D eigenvalue weighted by molar-refractivity contribution is 14.0. The van der Waals surface area contributed by atoms with Gasteiger partial charge in [0.05, 0.1) is 5.69 Å². The van der Waals surface area contributed by atoms with E-state index in [-0.39, 0.29) is 29.9 Å². The Kier molecular flexibility index (Phi) is 10.7. The third-order valence-corrected chi connectivity index (χ3v) is 5.03. The van der Waals surface area contributed by atoms with Crippen LogP contribution in [0.15, 0.2) is 9.52 Å². The molecule has 0 aliphatic carbocycles. The Morgan fingerprint density at radius 3 is 2.59 bits per heavy atom. The second-order valence-electron chi connectivity index (χ2n) is 6.95. The maximum Gasteiger partial charge on any atom is 0.220 e. The number of piperidine rings is 1. The van der Waals surface area contributed by atoms with E-state index in [4.69, 9.17) is 9.52 Å². The summed E-state index contributed by atoms with van der Waals surface area (Å²) >= 11 is 0. The van der Waals surface area contributed by atoms with Gasteiger partial charge >= 0.3 is 0 Å². The summed E-state index contributed by atoms with van der Waals surface area (Å²) in [6.45, 7) is 9.60. The van der Waals surface area contributed by atoms with E-state index in [1.807, 2.05) is 13.8 Å². The molecule has 1 saturated heterocycles. The Hall–Kier alpha value is -1.32. The summed E-state index contributed by atoms with van der Waals surface area (Å²) in [7, 11) is 1.70. The summed E-state index contributed by atoms with van der Waals surface area (Å²) in [4.78, 5) is 18.7. The normalized spacial score (nSPS) is 15.4. The van der Waals surface area contributed by atoms with Crippen molar-refractivity contribution in [3.63, 3.8) is 0 Å². The molecule has 27 heavy (non-hydrogen) atoms. The van der Waals surface area contributed by atoms with Crippen LogP contribution in [0.2, 0.25) is 0 Å². The summed E-state index contributed by atoms with van der Waals surface area (Å²) < 4.78 is 5.22. The summed E-state index contributed by atoms with van der Waals surface area (Å²) in [5.41, 5.74) is 2.19. The molecule has 0 spiro atoms. The number of aryl methyl sites for hydroxylation is 2. The number of carbonyl (C=O) groups is 1. The molecule has 1 aromatic heterocycles. The molecular formula is C19H34IN5O2. The highest BCUT2D eigenvalue weighted by atomic mass is 127. The monoisotopic (exact) mass is 491 g/mol. The Labute approximate surface area is 179 Å². The molecule has 7 nitrogen and oxygen atoms in total. The number of likely N-dealkylation sites (tertiary alicyclic amines) is 1. The molecule has 0 bridgehead atoms. The zero-order valence-corrected chi connectivity index (χ0v) is 19.3. The van der Waals surface area contributed by atoms with E-state index in [0.29, 0.717) is 12.3 Å². The summed E-state index contributed by atoms with van der Waals surface area (Å²) in [5.74, 6) is 2.53. The van der Waals surface area contributed by atoms with Crippen LogP contribution in [-0.4, -0.2) is 55.2 Å². The lowest BCUT2D eigenvalue weighted by Crippen LogP contribution is -2.46. The SMILES string of the molecule is CCNC(=NCCCc1c(C)noc1C)N1CCC(CC(=O)NC)CC1.I. The van der Waals surface area contributed by atoms with Crippen LogP contribution in [0.3, 0.4) is 0 Å². The molecule has 0 radical (unpaired) electrons. The van der Waals surface area contributed by atoms with Crippen molar-refractivity contribution in [2.24, 2.45) is 10.9 Å².